The van der Waals surface area contributed by atoms with E-state index < -0.39 is 6.03 Å². The molecule has 0 spiro atoms. The Morgan fingerprint density at radius 2 is 1.70 bits per heavy atom. The van der Waals surface area contributed by atoms with E-state index in [1.54, 1.807) is 55.4 Å². The SMILES string of the molecule is C#Cc1cc(Cc2nccc(Oc3ccc(NC(=O)Nc4cc(C(C)C)nn4-c4ccc(OC)cc4)c4ccccc34)n2)cc(C(=O)NCCOCCOC)c1. The van der Waals surface area contributed by atoms with Crippen LogP contribution in [0.1, 0.15) is 52.8 Å². The van der Waals surface area contributed by atoms with Crippen molar-refractivity contribution < 1.29 is 28.5 Å². The number of hydrogen-bond acceptors (Lipinski definition) is 9. The highest BCUT2D eigenvalue weighted by Crippen LogP contribution is 2.34. The number of nitrogens with one attached hydrogen (secondary N) is 3. The Balaban J connectivity index is 1.16. The monoisotopic (exact) mass is 753 g/mol. The Morgan fingerprint density at radius 3 is 2.45 bits per heavy atom. The van der Waals surface area contributed by atoms with Crippen LogP contribution in [0.2, 0.25) is 0 Å². The van der Waals surface area contributed by atoms with Crippen molar-refractivity contribution >= 4 is 34.2 Å². The van der Waals surface area contributed by atoms with Crippen molar-refractivity contribution in [3.05, 3.63) is 125 Å². The maximum absolute atomic E-state index is 13.5. The van der Waals surface area contributed by atoms with Crippen LogP contribution in [0.3, 0.4) is 0 Å². The molecule has 0 atom stereocenters. The van der Waals surface area contributed by atoms with Gasteiger partial charge in [0.05, 0.1) is 44.0 Å². The molecule has 3 amide bonds. The van der Waals surface area contributed by atoms with Crippen LogP contribution in [0.4, 0.5) is 16.3 Å². The number of benzene rings is 4. The molecule has 13 nitrogen and oxygen atoms in total. The number of methoxy groups -OCH3 is 2. The van der Waals surface area contributed by atoms with Crippen LogP contribution in [0.5, 0.6) is 17.4 Å². The van der Waals surface area contributed by atoms with Crippen molar-refractivity contribution in [2.45, 2.75) is 26.2 Å². The Morgan fingerprint density at radius 1 is 0.893 bits per heavy atom. The quantitative estimate of drug-likeness (QED) is 0.0681. The number of fused-ring (bicyclic) bond motifs is 1. The summed E-state index contributed by atoms with van der Waals surface area (Å²) in [6.45, 7) is 5.73. The first kappa shape index (κ1) is 39.0. The van der Waals surface area contributed by atoms with Gasteiger partial charge in [-0.25, -0.2) is 14.5 Å². The Hall–Kier alpha value is -6.75. The minimum Gasteiger partial charge on any atom is -0.497 e. The molecule has 6 aromatic rings. The first-order valence-corrected chi connectivity index (χ1v) is 18.0. The zero-order valence-electron chi connectivity index (χ0n) is 31.7. The third-order valence-corrected chi connectivity index (χ3v) is 8.65. The zero-order valence-corrected chi connectivity index (χ0v) is 31.7. The molecule has 0 aliphatic rings. The topological polar surface area (TPSA) is 151 Å². The van der Waals surface area contributed by atoms with Gasteiger partial charge in [0.1, 0.15) is 23.1 Å². The van der Waals surface area contributed by atoms with Crippen LogP contribution in [0.15, 0.2) is 97.2 Å². The van der Waals surface area contributed by atoms with Gasteiger partial charge in [-0.2, -0.15) is 10.1 Å². The number of ether oxygens (including phenoxy) is 4. The number of carbonyl (C=O) groups is 2. The molecular formula is C43H43N7O6. The van der Waals surface area contributed by atoms with E-state index in [1.165, 1.54) is 0 Å². The van der Waals surface area contributed by atoms with Gasteiger partial charge >= 0.3 is 6.03 Å². The molecule has 0 fully saturated rings. The summed E-state index contributed by atoms with van der Waals surface area (Å²) in [4.78, 5) is 35.5. The van der Waals surface area contributed by atoms with E-state index in [9.17, 15) is 9.59 Å². The van der Waals surface area contributed by atoms with Gasteiger partial charge < -0.3 is 29.6 Å². The number of nitrogens with zero attached hydrogens (tertiary/aromatic N) is 4. The highest BCUT2D eigenvalue weighted by molar-refractivity contribution is 6.07. The van der Waals surface area contributed by atoms with Crippen LogP contribution >= 0.6 is 0 Å². The lowest BCUT2D eigenvalue weighted by molar-refractivity contribution is 0.0692. The molecule has 2 heterocycles. The Bertz CT molecular complexity index is 2350. The summed E-state index contributed by atoms with van der Waals surface area (Å²) in [5.41, 5.74) is 3.95. The van der Waals surface area contributed by atoms with E-state index in [1.807, 2.05) is 74.5 Å². The van der Waals surface area contributed by atoms with Crippen LogP contribution in [-0.2, 0) is 15.9 Å². The molecule has 0 saturated heterocycles. The average Bonchev–Trinajstić information content (AvgIpc) is 3.64. The molecule has 286 valence electrons. The molecule has 0 unspecified atom stereocenters. The first-order chi connectivity index (χ1) is 27.2. The Labute approximate surface area is 325 Å². The zero-order chi connectivity index (χ0) is 39.4. The smallest absolute Gasteiger partial charge is 0.324 e. The normalized spacial score (nSPS) is 10.9. The van der Waals surface area contributed by atoms with Gasteiger partial charge in [0.15, 0.2) is 0 Å². The maximum atomic E-state index is 13.5. The molecule has 2 aromatic heterocycles. The number of hydrogen-bond donors (Lipinski definition) is 3. The number of amides is 3. The van der Waals surface area contributed by atoms with Gasteiger partial charge in [0, 0.05) is 60.3 Å². The van der Waals surface area contributed by atoms with Crippen LogP contribution in [-0.4, -0.2) is 72.3 Å². The molecule has 0 aliphatic heterocycles. The molecule has 6 rings (SSSR count). The standard InChI is InChI=1S/C43H43N7O6/c1-6-29-23-30(25-31(24-29)42(51)45-19-20-55-22-21-53-4)26-39-44-18-17-41(47-39)56-38-16-15-36(34-9-7-8-10-35(34)38)46-43(52)48-40-27-37(28(2)3)49-50(40)32-11-13-33(54-5)14-12-32/h1,7-18,23-25,27-28H,19-22,26H2,2-5H3,(H,45,51)(H2,46,48,52). The van der Waals surface area contributed by atoms with E-state index in [0.717, 1.165) is 33.5 Å². The second kappa shape index (κ2) is 18.5. The summed E-state index contributed by atoms with van der Waals surface area (Å²) in [6, 6.07) is 27.0. The van der Waals surface area contributed by atoms with E-state index >= 15 is 0 Å². The third-order valence-electron chi connectivity index (χ3n) is 8.65. The number of carbonyl (C=O) groups excluding carboxylic acids is 2. The molecule has 4 aromatic carbocycles. The molecule has 0 bridgehead atoms. The number of rotatable bonds is 16. The summed E-state index contributed by atoms with van der Waals surface area (Å²) in [7, 11) is 3.21. The summed E-state index contributed by atoms with van der Waals surface area (Å²) in [6.07, 6.45) is 7.65. The van der Waals surface area contributed by atoms with Gasteiger partial charge in [-0.3, -0.25) is 10.1 Å². The van der Waals surface area contributed by atoms with Crippen molar-refractivity contribution in [1.29, 1.82) is 0 Å². The van der Waals surface area contributed by atoms with Crippen LogP contribution in [0, 0.1) is 12.3 Å². The number of aromatic nitrogens is 4. The maximum Gasteiger partial charge on any atom is 0.324 e. The third kappa shape index (κ3) is 9.86. The average molecular weight is 754 g/mol. The highest BCUT2D eigenvalue weighted by Gasteiger charge is 2.17. The number of terminal acetylenes is 1. The van der Waals surface area contributed by atoms with E-state index in [0.29, 0.717) is 72.9 Å². The molecule has 0 saturated carbocycles. The second-order valence-electron chi connectivity index (χ2n) is 13.0. The van der Waals surface area contributed by atoms with Gasteiger partial charge in [-0.15, -0.1) is 6.42 Å². The summed E-state index contributed by atoms with van der Waals surface area (Å²) in [5, 5.41) is 15.1. The lowest BCUT2D eigenvalue weighted by Crippen LogP contribution is -2.27. The lowest BCUT2D eigenvalue weighted by Gasteiger charge is -2.14. The summed E-state index contributed by atoms with van der Waals surface area (Å²) < 4.78 is 23.7. The fourth-order valence-corrected chi connectivity index (χ4v) is 5.84. The Kier molecular flexibility index (Phi) is 12.9. The highest BCUT2D eigenvalue weighted by atomic mass is 16.5. The largest absolute Gasteiger partial charge is 0.497 e. The fourth-order valence-electron chi connectivity index (χ4n) is 5.84. The number of anilines is 2. The van der Waals surface area contributed by atoms with Crippen LogP contribution in [0.25, 0.3) is 16.5 Å². The van der Waals surface area contributed by atoms with Gasteiger partial charge in [-0.1, -0.05) is 44.0 Å². The van der Waals surface area contributed by atoms with Crippen molar-refractivity contribution in [1.82, 2.24) is 25.1 Å². The predicted octanol–water partition coefficient (Wildman–Crippen LogP) is 7.35. The van der Waals surface area contributed by atoms with Crippen molar-refractivity contribution in [2.75, 3.05) is 51.2 Å². The molecule has 56 heavy (non-hydrogen) atoms. The molecule has 13 heteroatoms. The van der Waals surface area contributed by atoms with E-state index in [2.05, 4.69) is 31.8 Å². The minimum atomic E-state index is -0.435. The van der Waals surface area contributed by atoms with E-state index in [-0.39, 0.29) is 11.8 Å². The van der Waals surface area contributed by atoms with Gasteiger partial charge in [-0.05, 0) is 66.1 Å². The van der Waals surface area contributed by atoms with Gasteiger partial charge in [0.2, 0.25) is 5.88 Å². The van der Waals surface area contributed by atoms with E-state index in [4.69, 9.17) is 30.5 Å². The summed E-state index contributed by atoms with van der Waals surface area (Å²) >= 11 is 0. The molecular weight excluding hydrogens is 711 g/mol. The van der Waals surface area contributed by atoms with Crippen molar-refractivity contribution in [2.24, 2.45) is 0 Å². The molecule has 3 N–H and O–H groups in total. The first-order valence-electron chi connectivity index (χ1n) is 18.0. The molecule has 0 aliphatic carbocycles. The van der Waals surface area contributed by atoms with Crippen molar-refractivity contribution in [3.63, 3.8) is 0 Å². The minimum absolute atomic E-state index is 0.147. The lowest BCUT2D eigenvalue weighted by atomic mass is 10.0. The number of urea groups is 1. The van der Waals surface area contributed by atoms with Crippen LogP contribution < -0.4 is 25.4 Å². The summed E-state index contributed by atoms with van der Waals surface area (Å²) in [5.74, 6) is 5.08. The second-order valence-corrected chi connectivity index (χ2v) is 13.0. The van der Waals surface area contributed by atoms with Crippen molar-refractivity contribution in [3.8, 4) is 35.4 Å². The predicted molar refractivity (Wildman–Crippen MR) is 215 cm³/mol. The molecule has 0 radical (unpaired) electrons. The van der Waals surface area contributed by atoms with Gasteiger partial charge in [0.25, 0.3) is 5.91 Å². The fraction of sp³-hybridized carbons (Fsp3) is 0.233.